The Morgan fingerprint density at radius 2 is 1.94 bits per heavy atom. The number of nitrogens with zero attached hydrogens (tertiary/aromatic N) is 5. The molecule has 0 aliphatic rings. The van der Waals surface area contributed by atoms with E-state index in [9.17, 15) is 9.59 Å². The highest BCUT2D eigenvalue weighted by Gasteiger charge is 2.17. The predicted octanol–water partition coefficient (Wildman–Crippen LogP) is 2.39. The number of ether oxygens (including phenoxy) is 1. The lowest BCUT2D eigenvalue weighted by Gasteiger charge is -2.13. The average molecular weight is 445 g/mol. The van der Waals surface area contributed by atoms with Crippen LogP contribution in [0.15, 0.2) is 49.1 Å². The molecule has 0 unspecified atom stereocenters. The number of nitrogens with one attached hydrogen (secondary N) is 1. The molecule has 0 radical (unpaired) electrons. The third-order valence-corrected chi connectivity index (χ3v) is 5.25. The summed E-state index contributed by atoms with van der Waals surface area (Å²) >= 11 is 0. The molecule has 0 atom stereocenters. The van der Waals surface area contributed by atoms with Crippen LogP contribution >= 0.6 is 0 Å². The van der Waals surface area contributed by atoms with E-state index in [-0.39, 0.29) is 17.9 Å². The van der Waals surface area contributed by atoms with Gasteiger partial charge in [0.2, 0.25) is 5.91 Å². The van der Waals surface area contributed by atoms with Gasteiger partial charge in [0.25, 0.3) is 5.91 Å². The van der Waals surface area contributed by atoms with Crippen molar-refractivity contribution in [2.75, 3.05) is 5.32 Å². The number of amides is 2. The van der Waals surface area contributed by atoms with Crippen LogP contribution < -0.4 is 15.8 Å². The molecule has 0 aliphatic carbocycles. The molecule has 10 nitrogen and oxygen atoms in total. The number of pyridine rings is 2. The summed E-state index contributed by atoms with van der Waals surface area (Å²) in [6.45, 7) is 4.04. The van der Waals surface area contributed by atoms with Crippen molar-refractivity contribution >= 4 is 23.3 Å². The molecule has 0 saturated heterocycles. The lowest BCUT2D eigenvalue weighted by molar-refractivity contribution is -0.116. The number of aromatic nitrogens is 5. The summed E-state index contributed by atoms with van der Waals surface area (Å²) < 4.78 is 7.40. The van der Waals surface area contributed by atoms with Crippen molar-refractivity contribution in [2.45, 2.75) is 33.3 Å². The van der Waals surface area contributed by atoms with Crippen molar-refractivity contribution in [3.63, 3.8) is 0 Å². The monoisotopic (exact) mass is 445 g/mol. The molecule has 0 fully saturated rings. The molecular formula is C23H23N7O3. The molecule has 3 N–H and O–H groups in total. The largest absolute Gasteiger partial charge is 0.485 e. The van der Waals surface area contributed by atoms with Crippen LogP contribution in [0.25, 0.3) is 5.65 Å². The first-order valence-electron chi connectivity index (χ1n) is 10.3. The number of primary amides is 1. The molecule has 4 aromatic heterocycles. The zero-order valence-corrected chi connectivity index (χ0v) is 18.3. The van der Waals surface area contributed by atoms with Gasteiger partial charge in [0, 0.05) is 36.4 Å². The lowest BCUT2D eigenvalue weighted by atomic mass is 10.1. The van der Waals surface area contributed by atoms with E-state index in [2.05, 4.69) is 25.4 Å². The average Bonchev–Trinajstić information content (AvgIpc) is 3.23. The Hall–Kier alpha value is -4.34. The van der Waals surface area contributed by atoms with Crippen LogP contribution in [-0.4, -0.2) is 36.4 Å². The Balaban J connectivity index is 1.44. The highest BCUT2D eigenvalue weighted by molar-refractivity contribution is 5.98. The standard InChI is InChI=1S/C23H23N7O3/c1-14-17(15(2)30-23(28-14)18(12-27-30)21(24)32)5-6-20(31)29-22-19(4-3-9-26-22)33-13-16-7-10-25-11-8-16/h3-4,7-12H,5-6,13H2,1-2H3,(H2,24,32)(H,26,29,31). The number of carbonyl (C=O) groups is 2. The maximum atomic E-state index is 12.7. The second-order valence-corrected chi connectivity index (χ2v) is 7.46. The summed E-state index contributed by atoms with van der Waals surface area (Å²) in [5, 5.41) is 7.04. The number of nitrogens with two attached hydrogens (primary N) is 1. The van der Waals surface area contributed by atoms with Crippen LogP contribution in [0.2, 0.25) is 0 Å². The highest BCUT2D eigenvalue weighted by Crippen LogP contribution is 2.23. The van der Waals surface area contributed by atoms with Crippen molar-refractivity contribution in [1.82, 2.24) is 24.6 Å². The highest BCUT2D eigenvalue weighted by atomic mass is 16.5. The number of aryl methyl sites for hydroxylation is 2. The molecule has 4 heterocycles. The van der Waals surface area contributed by atoms with E-state index < -0.39 is 5.91 Å². The van der Waals surface area contributed by atoms with Gasteiger partial charge < -0.3 is 15.8 Å². The summed E-state index contributed by atoms with van der Waals surface area (Å²) in [5.74, 6) is 0.0470. The summed E-state index contributed by atoms with van der Waals surface area (Å²) in [6, 6.07) is 7.21. The Morgan fingerprint density at radius 3 is 2.70 bits per heavy atom. The van der Waals surface area contributed by atoms with Gasteiger partial charge in [0.05, 0.1) is 6.20 Å². The predicted molar refractivity (Wildman–Crippen MR) is 121 cm³/mol. The third-order valence-electron chi connectivity index (χ3n) is 5.25. The van der Waals surface area contributed by atoms with Crippen molar-refractivity contribution in [3.8, 4) is 5.75 Å². The fourth-order valence-electron chi connectivity index (χ4n) is 3.52. The molecule has 0 aromatic carbocycles. The zero-order valence-electron chi connectivity index (χ0n) is 18.3. The zero-order chi connectivity index (χ0) is 23.4. The second-order valence-electron chi connectivity index (χ2n) is 7.46. The SMILES string of the molecule is Cc1nc2c(C(N)=O)cnn2c(C)c1CCC(=O)Nc1ncccc1OCc1ccncc1. The van der Waals surface area contributed by atoms with E-state index in [1.54, 1.807) is 35.2 Å². The molecule has 0 aliphatic heterocycles. The van der Waals surface area contributed by atoms with Gasteiger partial charge >= 0.3 is 0 Å². The topological polar surface area (TPSA) is 137 Å². The van der Waals surface area contributed by atoms with Crippen LogP contribution in [0, 0.1) is 13.8 Å². The molecule has 0 bridgehead atoms. The molecule has 2 amide bonds. The van der Waals surface area contributed by atoms with Gasteiger partial charge in [-0.3, -0.25) is 14.6 Å². The van der Waals surface area contributed by atoms with Crippen LogP contribution in [0.3, 0.4) is 0 Å². The molecule has 0 spiro atoms. The maximum Gasteiger partial charge on any atom is 0.254 e. The van der Waals surface area contributed by atoms with Crippen molar-refractivity contribution < 1.29 is 14.3 Å². The first kappa shape index (κ1) is 21.9. The number of anilines is 1. The molecule has 4 rings (SSSR count). The molecule has 0 saturated carbocycles. The third kappa shape index (κ3) is 4.79. The lowest BCUT2D eigenvalue weighted by Crippen LogP contribution is -2.16. The smallest absolute Gasteiger partial charge is 0.254 e. The number of rotatable bonds is 8. The fraction of sp³-hybridized carbons (Fsp3) is 0.217. The minimum absolute atomic E-state index is 0.208. The van der Waals surface area contributed by atoms with E-state index in [1.807, 2.05) is 26.0 Å². The minimum Gasteiger partial charge on any atom is -0.485 e. The van der Waals surface area contributed by atoms with Gasteiger partial charge in [-0.25, -0.2) is 14.5 Å². The van der Waals surface area contributed by atoms with Gasteiger partial charge in [-0.1, -0.05) is 0 Å². The van der Waals surface area contributed by atoms with E-state index in [1.165, 1.54) is 6.20 Å². The summed E-state index contributed by atoms with van der Waals surface area (Å²) in [7, 11) is 0. The van der Waals surface area contributed by atoms with Crippen molar-refractivity contribution in [1.29, 1.82) is 0 Å². The molecule has 168 valence electrons. The molecule has 33 heavy (non-hydrogen) atoms. The first-order valence-corrected chi connectivity index (χ1v) is 10.3. The van der Waals surface area contributed by atoms with Crippen molar-refractivity contribution in [2.24, 2.45) is 5.73 Å². The van der Waals surface area contributed by atoms with Crippen molar-refractivity contribution in [3.05, 3.63) is 77.1 Å². The van der Waals surface area contributed by atoms with E-state index in [4.69, 9.17) is 10.5 Å². The van der Waals surface area contributed by atoms with Crippen LogP contribution in [-0.2, 0) is 17.8 Å². The fourth-order valence-corrected chi connectivity index (χ4v) is 3.52. The van der Waals surface area contributed by atoms with E-state index in [0.717, 1.165) is 22.5 Å². The first-order chi connectivity index (χ1) is 15.9. The van der Waals surface area contributed by atoms with E-state index in [0.29, 0.717) is 30.2 Å². The Bertz CT molecular complexity index is 1320. The normalized spacial score (nSPS) is 10.8. The molecule has 10 heteroatoms. The molecule has 4 aromatic rings. The van der Waals surface area contributed by atoms with Gasteiger partial charge in [0.1, 0.15) is 12.2 Å². The summed E-state index contributed by atoms with van der Waals surface area (Å²) in [4.78, 5) is 37.0. The van der Waals surface area contributed by atoms with Crippen LogP contribution in [0.4, 0.5) is 5.82 Å². The summed E-state index contributed by atoms with van der Waals surface area (Å²) in [6.07, 6.45) is 7.03. The number of hydrogen-bond acceptors (Lipinski definition) is 7. The van der Waals surface area contributed by atoms with E-state index >= 15 is 0 Å². The van der Waals surface area contributed by atoms with Crippen LogP contribution in [0.1, 0.15) is 39.3 Å². The Labute approximate surface area is 189 Å². The van der Waals surface area contributed by atoms with Gasteiger partial charge in [-0.05, 0) is 55.7 Å². The minimum atomic E-state index is -0.583. The van der Waals surface area contributed by atoms with Gasteiger partial charge in [-0.15, -0.1) is 0 Å². The maximum absolute atomic E-state index is 12.7. The number of fused-ring (bicyclic) bond motifs is 1. The summed E-state index contributed by atoms with van der Waals surface area (Å²) in [5.41, 5.74) is 9.43. The second kappa shape index (κ2) is 9.43. The Kier molecular flexibility index (Phi) is 6.25. The van der Waals surface area contributed by atoms with Gasteiger partial charge in [-0.2, -0.15) is 5.10 Å². The van der Waals surface area contributed by atoms with Crippen LogP contribution in [0.5, 0.6) is 5.75 Å². The number of hydrogen-bond donors (Lipinski definition) is 2. The number of carbonyl (C=O) groups excluding carboxylic acids is 2. The Morgan fingerprint density at radius 1 is 1.15 bits per heavy atom. The van der Waals surface area contributed by atoms with Gasteiger partial charge in [0.15, 0.2) is 17.2 Å². The quantitative estimate of drug-likeness (QED) is 0.425. The molecular weight excluding hydrogens is 422 g/mol.